The third-order valence-corrected chi connectivity index (χ3v) is 9.85. The van der Waals surface area contributed by atoms with E-state index in [0.29, 0.717) is 23.3 Å². The lowest BCUT2D eigenvalue weighted by Gasteiger charge is -2.27. The monoisotopic (exact) mass is 825 g/mol. The van der Waals surface area contributed by atoms with Gasteiger partial charge in [-0.3, -0.25) is 14.2 Å². The molecule has 2 saturated carbocycles. The van der Waals surface area contributed by atoms with Crippen LogP contribution in [-0.4, -0.2) is 74.6 Å². The second-order valence-electron chi connectivity index (χ2n) is 13.1. The lowest BCUT2D eigenvalue weighted by molar-refractivity contribution is -0.147. The number of hydrogen-bond acceptors (Lipinski definition) is 10. The molecule has 1 aromatic heterocycles. The highest BCUT2D eigenvalue weighted by Gasteiger charge is 2.28. The topological polar surface area (TPSA) is 156 Å². The SMILES string of the molecule is C1CCOC1.COC(=O)C1CCC(CNc2cc(OC)ccc2N)CC1.COC(=O)C1CCC(Cn2c(=O)[nH]c3ccc(OC)cc32)CC1.[2H]CI. The highest BCUT2D eigenvalue weighted by atomic mass is 127. The van der Waals surface area contributed by atoms with E-state index in [2.05, 4.69) is 10.3 Å². The molecule has 3 aliphatic rings. The summed E-state index contributed by atoms with van der Waals surface area (Å²) in [6, 6.07) is 11.2. The third kappa shape index (κ3) is 12.9. The summed E-state index contributed by atoms with van der Waals surface area (Å²) in [4.78, 5) is 38.7. The zero-order valence-corrected chi connectivity index (χ0v) is 32.7. The Kier molecular flexibility index (Phi) is 17.8. The summed E-state index contributed by atoms with van der Waals surface area (Å²) < 4.78 is 33.0. The fourth-order valence-corrected chi connectivity index (χ4v) is 6.80. The maximum absolute atomic E-state index is 12.2. The van der Waals surface area contributed by atoms with Crippen molar-refractivity contribution in [1.82, 2.24) is 9.55 Å². The highest BCUT2D eigenvalue weighted by molar-refractivity contribution is 14.1. The highest BCUT2D eigenvalue weighted by Crippen LogP contribution is 2.32. The lowest BCUT2D eigenvalue weighted by atomic mass is 9.82. The number of ether oxygens (including phenoxy) is 5. The van der Waals surface area contributed by atoms with Gasteiger partial charge in [-0.05, 0) is 105 Å². The fourth-order valence-electron chi connectivity index (χ4n) is 6.80. The first kappa shape index (κ1) is 40.3. The van der Waals surface area contributed by atoms with Crippen molar-refractivity contribution in [3.63, 3.8) is 0 Å². The van der Waals surface area contributed by atoms with Gasteiger partial charge < -0.3 is 39.7 Å². The molecule has 2 heterocycles. The molecular weight excluding hydrogens is 767 g/mol. The molecule has 284 valence electrons. The number of methoxy groups -OCH3 is 4. The molecule has 51 heavy (non-hydrogen) atoms. The number of imidazole rings is 1. The summed E-state index contributed by atoms with van der Waals surface area (Å²) in [5, 5.41) is 3.39. The van der Waals surface area contributed by atoms with Crippen LogP contribution in [0.15, 0.2) is 41.2 Å². The number of carbonyl (C=O) groups excluding carboxylic acids is 2. The maximum Gasteiger partial charge on any atom is 0.326 e. The Morgan fingerprint density at radius 3 is 1.92 bits per heavy atom. The molecule has 1 aliphatic heterocycles. The van der Waals surface area contributed by atoms with E-state index in [9.17, 15) is 14.4 Å². The molecule has 12 nitrogen and oxygen atoms in total. The van der Waals surface area contributed by atoms with Gasteiger partial charge in [0.05, 0.1) is 62.7 Å². The number of carbonyl (C=O) groups is 2. The Morgan fingerprint density at radius 1 is 0.882 bits per heavy atom. The smallest absolute Gasteiger partial charge is 0.326 e. The molecule has 2 aliphatic carbocycles. The number of halogens is 1. The van der Waals surface area contributed by atoms with Crippen molar-refractivity contribution in [3.8, 4) is 11.5 Å². The molecule has 6 rings (SSSR count). The first-order chi connectivity index (χ1) is 25.2. The Morgan fingerprint density at radius 2 is 1.41 bits per heavy atom. The number of aromatic amines is 1. The standard InChI is InChI=1S/C17H22N2O4.C16H24N2O3.C4H8O.CH3I/c1-22-13-7-8-14-15(9-13)19(17(21)18-14)10-11-3-5-12(6-4-11)16(20)23-2;1-20-13-7-8-14(17)15(9-13)18-10-11-3-5-12(6-4-11)16(19)21-2;1-2-4-5-3-1;1-2/h7-9,11-12H,3-6,10H2,1-2H3,(H,18,21);7-9,11-12,18H,3-6,10,17H2,1-2H3;1-4H2;1H3/i;;;1D. The molecule has 0 spiro atoms. The molecule has 13 heteroatoms. The van der Waals surface area contributed by atoms with Crippen LogP contribution in [0.5, 0.6) is 11.5 Å². The largest absolute Gasteiger partial charge is 0.497 e. The summed E-state index contributed by atoms with van der Waals surface area (Å²) in [7, 11) is 6.16. The number of rotatable bonds is 9. The van der Waals surface area contributed by atoms with Crippen molar-refractivity contribution in [2.75, 3.05) is 64.2 Å². The van der Waals surface area contributed by atoms with E-state index in [1.807, 2.05) is 59.0 Å². The van der Waals surface area contributed by atoms with Crippen molar-refractivity contribution in [2.45, 2.75) is 70.8 Å². The molecular formula is C38H57IN4O8. The van der Waals surface area contributed by atoms with E-state index in [-0.39, 0.29) is 29.5 Å². The Hall–Kier alpha value is -3.46. The van der Waals surface area contributed by atoms with Crippen LogP contribution in [0.2, 0.25) is 0 Å². The number of H-pyrrole nitrogens is 1. The number of alkyl halides is 1. The average molecular weight is 826 g/mol. The quantitative estimate of drug-likeness (QED) is 0.0905. The fraction of sp³-hybridized carbons (Fsp3) is 0.605. The van der Waals surface area contributed by atoms with Crippen LogP contribution < -0.4 is 26.2 Å². The Labute approximate surface area is 317 Å². The van der Waals surface area contributed by atoms with E-state index in [4.69, 9.17) is 30.8 Å². The number of benzene rings is 2. The predicted octanol–water partition coefficient (Wildman–Crippen LogP) is 6.83. The normalized spacial score (nSPS) is 21.2. The number of nitrogens with zero attached hydrogens (tertiary/aromatic N) is 1. The number of nitrogens with one attached hydrogen (secondary N) is 2. The van der Waals surface area contributed by atoms with Crippen LogP contribution in [-0.2, 0) is 30.3 Å². The van der Waals surface area contributed by atoms with E-state index >= 15 is 0 Å². The Bertz CT molecular complexity index is 1560. The number of anilines is 2. The van der Waals surface area contributed by atoms with Crippen molar-refractivity contribution in [1.29, 1.82) is 0 Å². The second-order valence-corrected chi connectivity index (χ2v) is 13.1. The van der Waals surface area contributed by atoms with Gasteiger partial charge >= 0.3 is 17.6 Å². The van der Waals surface area contributed by atoms with Gasteiger partial charge in [-0.1, -0.05) is 22.6 Å². The van der Waals surface area contributed by atoms with Crippen LogP contribution in [0.4, 0.5) is 11.4 Å². The lowest BCUT2D eigenvalue weighted by Crippen LogP contribution is -2.27. The first-order valence-corrected chi connectivity index (χ1v) is 19.2. The summed E-state index contributed by atoms with van der Waals surface area (Å²) in [5.74, 6) is 2.40. The minimum Gasteiger partial charge on any atom is -0.497 e. The van der Waals surface area contributed by atoms with E-state index in [1.165, 1.54) is 27.1 Å². The summed E-state index contributed by atoms with van der Waals surface area (Å²) in [6.45, 7) is 3.53. The Balaban J connectivity index is 0.000000232. The molecule has 0 unspecified atom stereocenters. The van der Waals surface area contributed by atoms with E-state index in [1.54, 1.807) is 18.8 Å². The van der Waals surface area contributed by atoms with Crippen LogP contribution in [0.1, 0.15) is 65.6 Å². The van der Waals surface area contributed by atoms with Gasteiger partial charge in [0.2, 0.25) is 0 Å². The molecule has 0 radical (unpaired) electrons. The molecule has 3 aromatic rings. The number of nitrogen functional groups attached to an aromatic ring is 1. The number of esters is 2. The van der Waals surface area contributed by atoms with Crippen molar-refractivity contribution in [3.05, 3.63) is 46.9 Å². The van der Waals surface area contributed by atoms with Crippen LogP contribution in [0, 0.1) is 23.7 Å². The first-order valence-electron chi connectivity index (χ1n) is 18.4. The van der Waals surface area contributed by atoms with Crippen LogP contribution in [0.3, 0.4) is 0 Å². The number of nitrogens with two attached hydrogens (primary N) is 1. The van der Waals surface area contributed by atoms with Gasteiger partial charge in [-0.25, -0.2) is 4.79 Å². The van der Waals surface area contributed by atoms with Gasteiger partial charge in [0, 0.05) is 39.8 Å². The molecule has 3 fully saturated rings. The van der Waals surface area contributed by atoms with Gasteiger partial charge in [0.15, 0.2) is 0 Å². The zero-order chi connectivity index (χ0) is 37.9. The molecule has 0 atom stereocenters. The second kappa shape index (κ2) is 22.5. The van der Waals surface area contributed by atoms with Crippen molar-refractivity contribution < 1.29 is 34.6 Å². The van der Waals surface area contributed by atoms with Crippen LogP contribution in [0.25, 0.3) is 11.0 Å². The molecule has 2 aromatic carbocycles. The molecule has 4 N–H and O–H groups in total. The third-order valence-electron chi connectivity index (χ3n) is 9.85. The maximum atomic E-state index is 12.2. The molecule has 1 saturated heterocycles. The summed E-state index contributed by atoms with van der Waals surface area (Å²) in [5.41, 5.74) is 9.18. The molecule has 0 amide bonds. The van der Waals surface area contributed by atoms with Gasteiger partial charge in [0.1, 0.15) is 11.5 Å². The summed E-state index contributed by atoms with van der Waals surface area (Å²) in [6.07, 6.45) is 9.98. The number of fused-ring (bicyclic) bond motifs is 1. The van der Waals surface area contributed by atoms with Crippen molar-refractivity contribution in [2.24, 2.45) is 23.7 Å². The number of hydrogen-bond donors (Lipinski definition) is 3. The molecule has 0 bridgehead atoms. The average Bonchev–Trinajstić information content (AvgIpc) is 3.87. The van der Waals surface area contributed by atoms with Gasteiger partial charge in [-0.2, -0.15) is 0 Å². The zero-order valence-electron chi connectivity index (χ0n) is 31.5. The predicted molar refractivity (Wildman–Crippen MR) is 210 cm³/mol. The minimum atomic E-state index is -0.113. The van der Waals surface area contributed by atoms with Gasteiger partial charge in [0.25, 0.3) is 0 Å². The number of aromatic nitrogens is 2. The van der Waals surface area contributed by atoms with E-state index in [0.717, 1.165) is 105 Å². The van der Waals surface area contributed by atoms with E-state index < -0.39 is 0 Å². The minimum absolute atomic E-state index is 0.0102. The van der Waals surface area contributed by atoms with Crippen molar-refractivity contribution >= 4 is 56.9 Å². The summed E-state index contributed by atoms with van der Waals surface area (Å²) >= 11 is 1.96. The van der Waals surface area contributed by atoms with Crippen LogP contribution >= 0.6 is 22.6 Å². The van der Waals surface area contributed by atoms with Gasteiger partial charge in [-0.15, -0.1) is 0 Å².